The molecule has 0 bridgehead atoms. The third kappa shape index (κ3) is 4.51. The van der Waals surface area contributed by atoms with E-state index in [2.05, 4.69) is 10.2 Å². The maximum absolute atomic E-state index is 13.2. The van der Waals surface area contributed by atoms with Crippen LogP contribution < -0.4 is 5.32 Å². The Labute approximate surface area is 168 Å². The average Bonchev–Trinajstić information content (AvgIpc) is 3.50. The molecule has 1 aliphatic heterocycles. The average molecular weight is 406 g/mol. The molecule has 2 amide bonds. The molecule has 0 aromatic heterocycles. The molecule has 0 atom stereocenters. The molecule has 0 saturated heterocycles. The fourth-order valence-electron chi connectivity index (χ4n) is 4.54. The number of rotatable bonds is 5. The van der Waals surface area contributed by atoms with Gasteiger partial charge in [-0.1, -0.05) is 31.4 Å². The van der Waals surface area contributed by atoms with Crippen molar-refractivity contribution in [3.63, 3.8) is 0 Å². The number of hydrogen-bond acceptors (Lipinski definition) is 3. The van der Waals surface area contributed by atoms with Crippen molar-refractivity contribution < 1.29 is 13.2 Å². The van der Waals surface area contributed by atoms with Gasteiger partial charge in [0.05, 0.1) is 6.26 Å². The van der Waals surface area contributed by atoms with E-state index in [1.54, 1.807) is 0 Å². The van der Waals surface area contributed by atoms with Gasteiger partial charge in [-0.15, -0.1) is 0 Å². The van der Waals surface area contributed by atoms with E-state index < -0.39 is 10.0 Å². The molecule has 6 nitrogen and oxygen atoms in total. The van der Waals surface area contributed by atoms with Crippen LogP contribution in [-0.4, -0.2) is 49.0 Å². The van der Waals surface area contributed by atoms with Crippen molar-refractivity contribution in [2.75, 3.05) is 24.7 Å². The molecule has 154 valence electrons. The van der Waals surface area contributed by atoms with E-state index in [1.165, 1.54) is 42.7 Å². The highest BCUT2D eigenvalue weighted by Crippen LogP contribution is 2.33. The van der Waals surface area contributed by atoms with Crippen LogP contribution in [0.3, 0.4) is 0 Å². The zero-order chi connectivity index (χ0) is 19.7. The van der Waals surface area contributed by atoms with E-state index in [1.807, 2.05) is 18.2 Å². The topological polar surface area (TPSA) is 69.7 Å². The molecule has 3 aliphatic rings. The fourth-order valence-corrected chi connectivity index (χ4v) is 5.34. The first-order chi connectivity index (χ1) is 13.4. The molecule has 1 heterocycles. The van der Waals surface area contributed by atoms with Gasteiger partial charge in [-0.05, 0) is 55.2 Å². The van der Waals surface area contributed by atoms with Crippen molar-refractivity contribution in [3.8, 4) is 0 Å². The number of carbonyl (C=O) groups is 1. The zero-order valence-corrected chi connectivity index (χ0v) is 17.5. The summed E-state index contributed by atoms with van der Waals surface area (Å²) in [7, 11) is -3.20. The van der Waals surface area contributed by atoms with Gasteiger partial charge in [-0.25, -0.2) is 13.2 Å². The number of amides is 2. The molecule has 0 radical (unpaired) electrons. The highest BCUT2D eigenvalue weighted by molar-refractivity contribution is 7.88. The lowest BCUT2D eigenvalue weighted by atomic mass is 9.94. The summed E-state index contributed by atoms with van der Waals surface area (Å²) in [4.78, 5) is 15.3. The molecule has 0 spiro atoms. The Hall–Kier alpha value is -1.60. The summed E-state index contributed by atoms with van der Waals surface area (Å²) in [5.74, 6) is 0.667. The monoisotopic (exact) mass is 405 g/mol. The van der Waals surface area contributed by atoms with Gasteiger partial charge < -0.3 is 10.2 Å². The molecule has 1 aromatic carbocycles. The molecular formula is C21H31N3O3S. The Bertz CT molecular complexity index is 829. The lowest BCUT2D eigenvalue weighted by Crippen LogP contribution is -2.45. The number of nitrogens with zero attached hydrogens (tertiary/aromatic N) is 2. The van der Waals surface area contributed by atoms with Gasteiger partial charge >= 0.3 is 6.03 Å². The van der Waals surface area contributed by atoms with Crippen LogP contribution in [-0.2, 0) is 23.0 Å². The van der Waals surface area contributed by atoms with Crippen molar-refractivity contribution in [2.24, 2.45) is 5.92 Å². The predicted octanol–water partition coefficient (Wildman–Crippen LogP) is 3.58. The Morgan fingerprint density at radius 2 is 1.93 bits per heavy atom. The van der Waals surface area contributed by atoms with Gasteiger partial charge in [0.2, 0.25) is 10.0 Å². The van der Waals surface area contributed by atoms with Gasteiger partial charge in [-0.2, -0.15) is 4.31 Å². The minimum atomic E-state index is -3.20. The largest absolute Gasteiger partial charge is 0.322 e. The molecule has 1 aromatic rings. The second-order valence-electron chi connectivity index (χ2n) is 8.61. The summed E-state index contributed by atoms with van der Waals surface area (Å²) in [5, 5.41) is 3.17. The molecule has 0 unspecified atom stereocenters. The third-order valence-electron chi connectivity index (χ3n) is 6.37. The van der Waals surface area contributed by atoms with E-state index in [-0.39, 0.29) is 6.03 Å². The number of hydrogen-bond donors (Lipinski definition) is 1. The number of nitrogens with one attached hydrogen (secondary N) is 1. The molecule has 2 aliphatic carbocycles. The molecule has 4 rings (SSSR count). The van der Waals surface area contributed by atoms with Crippen molar-refractivity contribution in [3.05, 3.63) is 29.3 Å². The van der Waals surface area contributed by atoms with Gasteiger partial charge in [0.25, 0.3) is 0 Å². The second kappa shape index (κ2) is 8.03. The Balaban J connectivity index is 1.50. The normalized spacial score (nSPS) is 21.2. The van der Waals surface area contributed by atoms with Gasteiger partial charge in [-0.3, -0.25) is 0 Å². The molecule has 7 heteroatoms. The predicted molar refractivity (Wildman–Crippen MR) is 111 cm³/mol. The van der Waals surface area contributed by atoms with Gasteiger partial charge in [0, 0.05) is 31.4 Å². The number of benzene rings is 1. The van der Waals surface area contributed by atoms with Crippen LogP contribution in [0.25, 0.3) is 0 Å². The van der Waals surface area contributed by atoms with E-state index in [9.17, 15) is 13.2 Å². The van der Waals surface area contributed by atoms with Gasteiger partial charge in [0.1, 0.15) is 0 Å². The van der Waals surface area contributed by atoms with Crippen LogP contribution in [0.2, 0.25) is 0 Å². The van der Waals surface area contributed by atoms with Crippen molar-refractivity contribution >= 4 is 21.7 Å². The lowest BCUT2D eigenvalue weighted by molar-refractivity contribution is 0.163. The lowest BCUT2D eigenvalue weighted by Gasteiger charge is -2.35. The molecular weight excluding hydrogens is 374 g/mol. The van der Waals surface area contributed by atoms with Crippen LogP contribution >= 0.6 is 0 Å². The van der Waals surface area contributed by atoms with E-state index in [0.717, 1.165) is 36.2 Å². The van der Waals surface area contributed by atoms with Crippen LogP contribution in [0.1, 0.15) is 56.1 Å². The van der Waals surface area contributed by atoms with E-state index in [0.29, 0.717) is 31.5 Å². The van der Waals surface area contributed by atoms with Crippen molar-refractivity contribution in [2.45, 2.75) is 64.0 Å². The summed E-state index contributed by atoms with van der Waals surface area (Å²) in [6.45, 7) is 1.72. The Kier molecular flexibility index (Phi) is 5.65. The highest BCUT2D eigenvalue weighted by Gasteiger charge is 2.32. The maximum Gasteiger partial charge on any atom is 0.322 e. The first kappa shape index (κ1) is 19.7. The van der Waals surface area contributed by atoms with Crippen molar-refractivity contribution in [1.82, 2.24) is 9.21 Å². The summed E-state index contributed by atoms with van der Waals surface area (Å²) >= 11 is 0. The van der Waals surface area contributed by atoms with Crippen LogP contribution in [0.4, 0.5) is 10.5 Å². The minimum Gasteiger partial charge on any atom is -0.321 e. The summed E-state index contributed by atoms with van der Waals surface area (Å²) < 4.78 is 25.3. The first-order valence-electron chi connectivity index (χ1n) is 10.6. The number of urea groups is 1. The molecule has 2 fully saturated rings. The summed E-state index contributed by atoms with van der Waals surface area (Å²) in [6.07, 6.45) is 10.3. The minimum absolute atomic E-state index is 0.0118. The first-order valence-corrected chi connectivity index (χ1v) is 12.4. The van der Waals surface area contributed by atoms with Crippen LogP contribution in [0, 0.1) is 5.92 Å². The zero-order valence-electron chi connectivity index (χ0n) is 16.7. The number of fused-ring (bicyclic) bond motifs is 1. The Morgan fingerprint density at radius 1 is 1.18 bits per heavy atom. The molecule has 2 saturated carbocycles. The standard InChI is InChI=1S/C21H31N3O3S/c1-28(26,27)23-13-12-19-17(15-23)6-5-9-20(19)22-21(25)24(14-16-10-11-16)18-7-3-2-4-8-18/h5-6,9,16,18H,2-4,7-8,10-15H2,1H3,(H,22,25). The summed E-state index contributed by atoms with van der Waals surface area (Å²) in [5.41, 5.74) is 2.90. The van der Waals surface area contributed by atoms with Crippen LogP contribution in [0.5, 0.6) is 0 Å². The summed E-state index contributed by atoms with van der Waals surface area (Å²) in [6, 6.07) is 6.19. The molecule has 28 heavy (non-hydrogen) atoms. The molecule has 1 N–H and O–H groups in total. The highest BCUT2D eigenvalue weighted by atomic mass is 32.2. The quantitative estimate of drug-likeness (QED) is 0.814. The van der Waals surface area contributed by atoms with Crippen LogP contribution in [0.15, 0.2) is 18.2 Å². The maximum atomic E-state index is 13.2. The van der Waals surface area contributed by atoms with Crippen molar-refractivity contribution in [1.29, 1.82) is 0 Å². The third-order valence-corrected chi connectivity index (χ3v) is 7.62. The van der Waals surface area contributed by atoms with E-state index in [4.69, 9.17) is 0 Å². The number of sulfonamides is 1. The SMILES string of the molecule is CS(=O)(=O)N1CCc2c(cccc2NC(=O)N(CC2CC2)C2CCCCC2)C1. The smallest absolute Gasteiger partial charge is 0.321 e. The number of anilines is 1. The number of carbonyl (C=O) groups excluding carboxylic acids is 1. The van der Waals surface area contributed by atoms with E-state index >= 15 is 0 Å². The second-order valence-corrected chi connectivity index (χ2v) is 10.6. The van der Waals surface area contributed by atoms with Gasteiger partial charge in [0.15, 0.2) is 0 Å². The fraction of sp³-hybridized carbons (Fsp3) is 0.667. The Morgan fingerprint density at radius 3 is 2.61 bits per heavy atom.